The third-order valence-electron chi connectivity index (χ3n) is 2.36. The molecule has 1 fully saturated rings. The minimum Gasteiger partial charge on any atom is -0.364 e. The van der Waals surface area contributed by atoms with Gasteiger partial charge in [-0.1, -0.05) is 0 Å². The van der Waals surface area contributed by atoms with Crippen LogP contribution in [0.25, 0.3) is 0 Å². The van der Waals surface area contributed by atoms with Crippen molar-refractivity contribution < 1.29 is 26.3 Å². The Kier molecular flexibility index (Phi) is 3.76. The van der Waals surface area contributed by atoms with Gasteiger partial charge in [0, 0.05) is 16.7 Å². The molecule has 0 aliphatic heterocycles. The number of nitrogens with zero attached hydrogens (tertiary/aromatic N) is 3. The number of hydrogen-bond acceptors (Lipinski definition) is 5. The Morgan fingerprint density at radius 3 is 2.47 bits per heavy atom. The predicted octanol–water partition coefficient (Wildman–Crippen LogP) is 1.62. The lowest BCUT2D eigenvalue weighted by atomic mass is 10.5. The largest absolute Gasteiger partial charge is 0.411 e. The molecular weight excluding hydrogens is 311 g/mol. The van der Waals surface area contributed by atoms with Crippen LogP contribution in [0, 0.1) is 0 Å². The van der Waals surface area contributed by atoms with E-state index >= 15 is 0 Å². The normalized spacial score (nSPS) is 16.8. The zero-order valence-corrected chi connectivity index (χ0v) is 11.0. The first-order valence-corrected chi connectivity index (χ1v) is 7.52. The summed E-state index contributed by atoms with van der Waals surface area (Å²) in [7, 11) is 1.10. The number of aromatic nitrogens is 3. The molecule has 0 bridgehead atoms. The SMILES string of the molecule is O=S(=O)(Cl)c1nnc(COCC(F)(F)F)n1C1CC1. The number of halogens is 4. The van der Waals surface area contributed by atoms with E-state index in [9.17, 15) is 21.6 Å². The first-order valence-electron chi connectivity index (χ1n) is 5.21. The van der Waals surface area contributed by atoms with E-state index in [0.717, 1.165) is 0 Å². The van der Waals surface area contributed by atoms with Crippen LogP contribution in [0.2, 0.25) is 0 Å². The first-order chi connectivity index (χ1) is 8.68. The minimum absolute atomic E-state index is 0.0194. The highest BCUT2D eigenvalue weighted by atomic mass is 35.7. The van der Waals surface area contributed by atoms with Gasteiger partial charge in [0.15, 0.2) is 5.82 Å². The summed E-state index contributed by atoms with van der Waals surface area (Å²) in [6.07, 6.45) is -3.06. The van der Waals surface area contributed by atoms with Gasteiger partial charge in [0.25, 0.3) is 14.2 Å². The van der Waals surface area contributed by atoms with Gasteiger partial charge in [0.2, 0.25) is 0 Å². The highest BCUT2D eigenvalue weighted by molar-refractivity contribution is 8.13. The Labute approximate surface area is 110 Å². The molecule has 19 heavy (non-hydrogen) atoms. The fourth-order valence-corrected chi connectivity index (χ4v) is 2.47. The van der Waals surface area contributed by atoms with Crippen molar-refractivity contribution in [1.29, 1.82) is 0 Å². The van der Waals surface area contributed by atoms with Crippen molar-refractivity contribution in [3.05, 3.63) is 5.82 Å². The molecule has 0 unspecified atom stereocenters. The third-order valence-corrected chi connectivity index (χ3v) is 3.49. The summed E-state index contributed by atoms with van der Waals surface area (Å²) in [5.74, 6) is 0.0194. The molecule has 1 aliphatic carbocycles. The molecule has 0 N–H and O–H groups in total. The molecule has 0 saturated heterocycles. The smallest absolute Gasteiger partial charge is 0.364 e. The van der Waals surface area contributed by atoms with Gasteiger partial charge in [-0.05, 0) is 12.8 Å². The molecular formula is C8H9ClF3N3O3S. The molecule has 0 aromatic carbocycles. The quantitative estimate of drug-likeness (QED) is 0.771. The van der Waals surface area contributed by atoms with Gasteiger partial charge >= 0.3 is 6.18 Å². The Morgan fingerprint density at radius 1 is 1.37 bits per heavy atom. The predicted molar refractivity (Wildman–Crippen MR) is 57.0 cm³/mol. The summed E-state index contributed by atoms with van der Waals surface area (Å²) in [4.78, 5) is 0. The highest BCUT2D eigenvalue weighted by Crippen LogP contribution is 2.38. The van der Waals surface area contributed by atoms with Crippen LogP contribution in [0.5, 0.6) is 0 Å². The molecule has 0 atom stereocenters. The first kappa shape index (κ1) is 14.5. The van der Waals surface area contributed by atoms with Crippen molar-refractivity contribution in [2.45, 2.75) is 36.8 Å². The number of ether oxygens (including phenoxy) is 1. The van der Waals surface area contributed by atoms with Crippen molar-refractivity contribution >= 4 is 19.7 Å². The number of alkyl halides is 3. The molecule has 6 nitrogen and oxygen atoms in total. The molecule has 2 rings (SSSR count). The molecule has 1 saturated carbocycles. The molecule has 0 radical (unpaired) electrons. The van der Waals surface area contributed by atoms with Gasteiger partial charge < -0.3 is 4.74 Å². The van der Waals surface area contributed by atoms with Crippen LogP contribution in [0.3, 0.4) is 0 Å². The lowest BCUT2D eigenvalue weighted by molar-refractivity contribution is -0.177. The average molecular weight is 320 g/mol. The van der Waals surface area contributed by atoms with Crippen LogP contribution >= 0.6 is 10.7 Å². The van der Waals surface area contributed by atoms with E-state index in [2.05, 4.69) is 14.9 Å². The second kappa shape index (κ2) is 4.91. The Balaban J connectivity index is 2.15. The Hall–Kier alpha value is -0.870. The van der Waals surface area contributed by atoms with E-state index in [1.54, 1.807) is 0 Å². The van der Waals surface area contributed by atoms with Gasteiger partial charge in [-0.25, -0.2) is 8.42 Å². The summed E-state index contributed by atoms with van der Waals surface area (Å²) in [6, 6.07) is -0.150. The molecule has 11 heteroatoms. The van der Waals surface area contributed by atoms with Crippen LogP contribution < -0.4 is 0 Å². The second-order valence-corrected chi connectivity index (χ2v) is 6.51. The maximum absolute atomic E-state index is 11.9. The van der Waals surface area contributed by atoms with E-state index in [4.69, 9.17) is 10.7 Å². The monoisotopic (exact) mass is 319 g/mol. The van der Waals surface area contributed by atoms with Crippen LogP contribution in [-0.2, 0) is 20.4 Å². The zero-order chi connectivity index (χ0) is 14.3. The molecule has 1 aliphatic rings. The topological polar surface area (TPSA) is 74.1 Å². The maximum atomic E-state index is 11.9. The van der Waals surface area contributed by atoms with E-state index in [1.165, 1.54) is 4.57 Å². The lowest BCUT2D eigenvalue weighted by Gasteiger charge is -2.09. The Bertz CT molecular complexity index is 568. The highest BCUT2D eigenvalue weighted by Gasteiger charge is 2.34. The van der Waals surface area contributed by atoms with Crippen LogP contribution in [-0.4, -0.2) is 36.0 Å². The molecule has 1 heterocycles. The van der Waals surface area contributed by atoms with Gasteiger partial charge in [-0.3, -0.25) is 4.57 Å². The summed E-state index contributed by atoms with van der Waals surface area (Å²) < 4.78 is 64.0. The van der Waals surface area contributed by atoms with Gasteiger partial charge in [0.05, 0.1) is 0 Å². The van der Waals surface area contributed by atoms with Crippen LogP contribution in [0.4, 0.5) is 13.2 Å². The van der Waals surface area contributed by atoms with Crippen molar-refractivity contribution in [1.82, 2.24) is 14.8 Å². The standard InChI is InChI=1S/C8H9ClF3N3O3S/c9-19(16,17)7-14-13-6(15(7)5-1-2-5)3-18-4-8(10,11)12/h5H,1-4H2. The third kappa shape index (κ3) is 3.80. The summed E-state index contributed by atoms with van der Waals surface area (Å²) >= 11 is 0. The van der Waals surface area contributed by atoms with E-state index < -0.39 is 33.6 Å². The molecule has 108 valence electrons. The summed E-state index contributed by atoms with van der Waals surface area (Å²) in [5.41, 5.74) is 0. The second-order valence-electron chi connectivity index (χ2n) is 4.05. The van der Waals surface area contributed by atoms with Gasteiger partial charge in [-0.2, -0.15) is 13.2 Å². The molecule has 1 aromatic heterocycles. The molecule has 1 aromatic rings. The fourth-order valence-electron chi connectivity index (χ4n) is 1.53. The summed E-state index contributed by atoms with van der Waals surface area (Å²) in [5, 5.41) is 6.46. The van der Waals surface area contributed by atoms with E-state index in [-0.39, 0.29) is 11.9 Å². The van der Waals surface area contributed by atoms with Crippen molar-refractivity contribution in [3.63, 3.8) is 0 Å². The minimum atomic E-state index is -4.45. The molecule has 0 spiro atoms. The number of hydrogen-bond donors (Lipinski definition) is 0. The van der Waals surface area contributed by atoms with Crippen molar-refractivity contribution in [2.75, 3.05) is 6.61 Å². The van der Waals surface area contributed by atoms with E-state index in [1.807, 2.05) is 0 Å². The van der Waals surface area contributed by atoms with Crippen molar-refractivity contribution in [2.24, 2.45) is 0 Å². The summed E-state index contributed by atoms with van der Waals surface area (Å²) in [6.45, 7) is -1.91. The Morgan fingerprint density at radius 2 is 2.00 bits per heavy atom. The number of rotatable bonds is 5. The average Bonchev–Trinajstić information content (AvgIpc) is 2.96. The maximum Gasteiger partial charge on any atom is 0.411 e. The van der Waals surface area contributed by atoms with Crippen LogP contribution in [0.15, 0.2) is 5.16 Å². The molecule has 0 amide bonds. The van der Waals surface area contributed by atoms with Gasteiger partial charge in [0.1, 0.15) is 13.2 Å². The van der Waals surface area contributed by atoms with Gasteiger partial charge in [-0.15, -0.1) is 10.2 Å². The fraction of sp³-hybridized carbons (Fsp3) is 0.750. The lowest BCUT2D eigenvalue weighted by Crippen LogP contribution is -2.18. The van der Waals surface area contributed by atoms with Crippen molar-refractivity contribution in [3.8, 4) is 0 Å². The van der Waals surface area contributed by atoms with E-state index in [0.29, 0.717) is 12.8 Å². The zero-order valence-electron chi connectivity index (χ0n) is 9.39. The van der Waals surface area contributed by atoms with Crippen LogP contribution in [0.1, 0.15) is 24.7 Å².